The molecule has 118 valence electrons. The number of aliphatic hydroxyl groups is 3. The summed E-state index contributed by atoms with van der Waals surface area (Å²) in [6.45, 7) is -0.119. The molecule has 3 N–H and O–H groups in total. The Morgan fingerprint density at radius 1 is 1.38 bits per heavy atom. The maximum absolute atomic E-state index is 12.5. The number of hydrogen-bond acceptors (Lipinski definition) is 7. The highest BCUT2D eigenvalue weighted by molar-refractivity contribution is 5.10. The van der Waals surface area contributed by atoms with Crippen LogP contribution in [0, 0.1) is 0 Å². The summed E-state index contributed by atoms with van der Waals surface area (Å²) in [7, 11) is 1.65. The maximum Gasteiger partial charge on any atom is 0.282 e. The second-order valence-corrected chi connectivity index (χ2v) is 4.91. The van der Waals surface area contributed by atoms with Gasteiger partial charge in [0.25, 0.3) is 6.43 Å². The minimum absolute atomic E-state index is 0.153. The molecule has 2 heterocycles. The molecule has 0 spiro atoms. The second-order valence-electron chi connectivity index (χ2n) is 4.91. The third-order valence-corrected chi connectivity index (χ3v) is 3.47. The average Bonchev–Trinajstić information content (AvgIpc) is 2.45. The van der Waals surface area contributed by atoms with Crippen molar-refractivity contribution < 1.29 is 28.8 Å². The van der Waals surface area contributed by atoms with Crippen molar-refractivity contribution in [3.63, 3.8) is 0 Å². The highest BCUT2D eigenvalue weighted by Crippen LogP contribution is 2.22. The van der Waals surface area contributed by atoms with Crippen LogP contribution < -0.4 is 4.74 Å². The molecule has 21 heavy (non-hydrogen) atoms. The minimum Gasteiger partial charge on any atom is -0.469 e. The highest BCUT2D eigenvalue weighted by Gasteiger charge is 2.41. The van der Waals surface area contributed by atoms with Crippen molar-refractivity contribution in [2.75, 3.05) is 20.2 Å². The number of likely N-dealkylation sites (tertiary alicyclic amines) is 1. The van der Waals surface area contributed by atoms with Crippen LogP contribution in [0.1, 0.15) is 12.1 Å². The summed E-state index contributed by atoms with van der Waals surface area (Å²) in [6.07, 6.45) is -4.04. The first-order chi connectivity index (χ1) is 9.93. The molecule has 7 nitrogen and oxygen atoms in total. The van der Waals surface area contributed by atoms with Gasteiger partial charge in [-0.15, -0.1) is 0 Å². The van der Waals surface area contributed by atoms with E-state index in [-0.39, 0.29) is 19.0 Å². The summed E-state index contributed by atoms with van der Waals surface area (Å²) in [5.74, 6) is -0.153. The van der Waals surface area contributed by atoms with Gasteiger partial charge in [-0.25, -0.2) is 13.8 Å². The van der Waals surface area contributed by atoms with Gasteiger partial charge in [-0.05, 0) is 7.05 Å². The van der Waals surface area contributed by atoms with Crippen molar-refractivity contribution in [2.45, 2.75) is 30.8 Å². The van der Waals surface area contributed by atoms with E-state index in [4.69, 9.17) is 9.84 Å². The molecule has 2 rings (SSSR count). The fourth-order valence-electron chi connectivity index (χ4n) is 2.27. The van der Waals surface area contributed by atoms with Crippen LogP contribution in [0.25, 0.3) is 0 Å². The number of alkyl halides is 2. The van der Waals surface area contributed by atoms with Gasteiger partial charge in [-0.2, -0.15) is 0 Å². The third kappa shape index (κ3) is 3.43. The van der Waals surface area contributed by atoms with Gasteiger partial charge in [0.15, 0.2) is 0 Å². The molecular weight excluding hydrogens is 288 g/mol. The lowest BCUT2D eigenvalue weighted by atomic mass is 9.95. The molecule has 0 aliphatic carbocycles. The van der Waals surface area contributed by atoms with Gasteiger partial charge in [0.05, 0.1) is 25.0 Å². The lowest BCUT2D eigenvalue weighted by Gasteiger charge is -2.42. The number of rotatable bonds is 4. The predicted molar refractivity (Wildman–Crippen MR) is 66.9 cm³/mol. The number of piperidine rings is 1. The first-order valence-electron chi connectivity index (χ1n) is 6.38. The smallest absolute Gasteiger partial charge is 0.282 e. The van der Waals surface area contributed by atoms with E-state index in [9.17, 15) is 19.0 Å². The number of aliphatic hydroxyl groups excluding tert-OH is 3. The molecule has 0 radical (unpaired) electrons. The number of ether oxygens (including phenoxy) is 1. The molecule has 4 atom stereocenters. The fourth-order valence-corrected chi connectivity index (χ4v) is 2.27. The normalized spacial score (nSPS) is 30.6. The summed E-state index contributed by atoms with van der Waals surface area (Å²) in [5.41, 5.74) is -0.528. The van der Waals surface area contributed by atoms with Crippen LogP contribution >= 0.6 is 0 Å². The van der Waals surface area contributed by atoms with Gasteiger partial charge in [-0.3, -0.25) is 9.88 Å². The third-order valence-electron chi connectivity index (χ3n) is 3.47. The number of aromatic nitrogens is 2. The molecule has 0 saturated carbocycles. The molecular formula is C12H17F2N3O4. The van der Waals surface area contributed by atoms with E-state index < -0.39 is 36.5 Å². The Balaban J connectivity index is 2.10. The first kappa shape index (κ1) is 16.0. The lowest BCUT2D eigenvalue weighted by Crippen LogP contribution is -2.62. The predicted octanol–water partition coefficient (Wildman–Crippen LogP) is -0.810. The van der Waals surface area contributed by atoms with Crippen molar-refractivity contribution >= 4 is 0 Å². The molecule has 0 aromatic carbocycles. The quantitative estimate of drug-likeness (QED) is 0.669. The zero-order chi connectivity index (χ0) is 15.6. The molecule has 9 heteroatoms. The molecule has 0 unspecified atom stereocenters. The Kier molecular flexibility index (Phi) is 4.99. The van der Waals surface area contributed by atoms with Crippen LogP contribution in [0.2, 0.25) is 0 Å². The van der Waals surface area contributed by atoms with E-state index in [1.54, 1.807) is 11.9 Å². The Hall–Kier alpha value is -1.42. The van der Waals surface area contributed by atoms with Crippen LogP contribution in [0.4, 0.5) is 8.78 Å². The van der Waals surface area contributed by atoms with Gasteiger partial charge >= 0.3 is 0 Å². The Morgan fingerprint density at radius 2 is 2.10 bits per heavy atom. The summed E-state index contributed by atoms with van der Waals surface area (Å²) in [4.78, 5) is 8.81. The van der Waals surface area contributed by atoms with Crippen LogP contribution in [-0.4, -0.2) is 74.7 Å². The molecule has 0 amide bonds. The molecule has 1 fully saturated rings. The van der Waals surface area contributed by atoms with Crippen molar-refractivity contribution in [1.82, 2.24) is 14.9 Å². The van der Waals surface area contributed by atoms with Crippen molar-refractivity contribution in [2.24, 2.45) is 0 Å². The number of halogens is 2. The van der Waals surface area contributed by atoms with Crippen LogP contribution in [0.3, 0.4) is 0 Å². The van der Waals surface area contributed by atoms with E-state index >= 15 is 0 Å². The van der Waals surface area contributed by atoms with Gasteiger partial charge in [0.2, 0.25) is 5.88 Å². The summed E-state index contributed by atoms with van der Waals surface area (Å²) in [5, 5.41) is 29.1. The van der Waals surface area contributed by atoms with Gasteiger partial charge in [0, 0.05) is 6.54 Å². The Morgan fingerprint density at radius 3 is 2.71 bits per heavy atom. The zero-order valence-electron chi connectivity index (χ0n) is 11.3. The SMILES string of the molecule is CN1C[C@H](Oc2cncc(C(F)F)n2)[C@@H](O)[C@@H](O)[C@H]1CO. The maximum atomic E-state index is 12.5. The summed E-state index contributed by atoms with van der Waals surface area (Å²) < 4.78 is 30.4. The molecule has 0 bridgehead atoms. The van der Waals surface area contributed by atoms with E-state index in [1.165, 1.54) is 0 Å². The monoisotopic (exact) mass is 305 g/mol. The lowest BCUT2D eigenvalue weighted by molar-refractivity contribution is -0.132. The topological polar surface area (TPSA) is 98.9 Å². The second kappa shape index (κ2) is 6.56. The fraction of sp³-hybridized carbons (Fsp3) is 0.667. The Labute approximate surface area is 119 Å². The van der Waals surface area contributed by atoms with Crippen LogP contribution in [0.15, 0.2) is 12.4 Å². The standard InChI is InChI=1S/C12H17F2N3O4/c1-17-4-8(11(20)10(19)7(17)5-18)21-9-3-15-2-6(16-9)12(13)14/h2-3,7-8,10-12,18-20H,4-5H2,1H3/t7-,8+,10+,11-/m1/s1. The van der Waals surface area contributed by atoms with E-state index in [0.717, 1.165) is 12.4 Å². The minimum atomic E-state index is -2.77. The molecule has 1 saturated heterocycles. The first-order valence-corrected chi connectivity index (χ1v) is 6.38. The van der Waals surface area contributed by atoms with E-state index in [1.807, 2.05) is 0 Å². The van der Waals surface area contributed by atoms with E-state index in [0.29, 0.717) is 0 Å². The summed E-state index contributed by atoms with van der Waals surface area (Å²) in [6, 6.07) is -0.613. The van der Waals surface area contributed by atoms with Crippen LogP contribution in [0.5, 0.6) is 5.88 Å². The van der Waals surface area contributed by atoms with Crippen LogP contribution in [-0.2, 0) is 0 Å². The highest BCUT2D eigenvalue weighted by atomic mass is 19.3. The van der Waals surface area contributed by atoms with Crippen molar-refractivity contribution in [3.8, 4) is 5.88 Å². The number of hydrogen-bond donors (Lipinski definition) is 3. The number of likely N-dealkylation sites (N-methyl/N-ethyl adjacent to an activating group) is 1. The zero-order valence-corrected chi connectivity index (χ0v) is 11.3. The van der Waals surface area contributed by atoms with Crippen molar-refractivity contribution in [1.29, 1.82) is 0 Å². The Bertz CT molecular complexity index is 480. The molecule has 1 aliphatic rings. The largest absolute Gasteiger partial charge is 0.469 e. The molecule has 1 aliphatic heterocycles. The summed E-state index contributed by atoms with van der Waals surface area (Å²) >= 11 is 0. The van der Waals surface area contributed by atoms with Gasteiger partial charge < -0.3 is 20.1 Å². The van der Waals surface area contributed by atoms with Gasteiger partial charge in [0.1, 0.15) is 24.0 Å². The van der Waals surface area contributed by atoms with E-state index in [2.05, 4.69) is 9.97 Å². The average molecular weight is 305 g/mol. The number of nitrogens with zero attached hydrogens (tertiary/aromatic N) is 3. The van der Waals surface area contributed by atoms with Gasteiger partial charge in [-0.1, -0.05) is 0 Å². The van der Waals surface area contributed by atoms with Crippen molar-refractivity contribution in [3.05, 3.63) is 18.1 Å². The molecule has 1 aromatic heterocycles. The molecule has 1 aromatic rings.